The van der Waals surface area contributed by atoms with Crippen molar-refractivity contribution in [3.05, 3.63) is 53.6 Å². The average molecular weight is 419 g/mol. The van der Waals surface area contributed by atoms with Crippen molar-refractivity contribution in [2.45, 2.75) is 6.36 Å². The number of ether oxygens (including phenoxy) is 1. The maximum absolute atomic E-state index is 12.5. The number of amides is 1. The third kappa shape index (κ3) is 5.87. The quantitative estimate of drug-likeness (QED) is 0.691. The molecule has 8 nitrogen and oxygen atoms in total. The highest BCUT2D eigenvalue weighted by atomic mass is 32.2. The number of rotatable bonds is 6. The summed E-state index contributed by atoms with van der Waals surface area (Å²) < 4.78 is 67.6. The fourth-order valence-corrected chi connectivity index (χ4v) is 2.57. The molecule has 0 bridgehead atoms. The molecule has 28 heavy (non-hydrogen) atoms. The van der Waals surface area contributed by atoms with Gasteiger partial charge >= 0.3 is 22.4 Å². The van der Waals surface area contributed by atoms with Gasteiger partial charge in [0.1, 0.15) is 5.75 Å². The predicted molar refractivity (Wildman–Crippen MR) is 90.0 cm³/mol. The largest absolute Gasteiger partial charge is 0.573 e. The van der Waals surface area contributed by atoms with E-state index in [1.54, 1.807) is 0 Å². The number of carbonyl (C=O) groups excluding carboxylic acids is 1. The van der Waals surface area contributed by atoms with Gasteiger partial charge in [-0.05, 0) is 36.4 Å². The minimum atomic E-state index is -4.89. The number of alkyl halides is 3. The van der Waals surface area contributed by atoms with Gasteiger partial charge in [0.2, 0.25) is 0 Å². The van der Waals surface area contributed by atoms with Gasteiger partial charge < -0.3 is 19.3 Å². The number of halogens is 3. The number of hydrogen-bond donors (Lipinski definition) is 2. The van der Waals surface area contributed by atoms with Gasteiger partial charge in [-0.3, -0.25) is 4.79 Å². The number of carbonyl (C=O) groups is 2. The molecule has 2 aromatic rings. The zero-order valence-electron chi connectivity index (χ0n) is 14.0. The van der Waals surface area contributed by atoms with E-state index >= 15 is 0 Å². The summed E-state index contributed by atoms with van der Waals surface area (Å²) >= 11 is 0. The summed E-state index contributed by atoms with van der Waals surface area (Å²) in [4.78, 5) is 23.9. The van der Waals surface area contributed by atoms with Crippen molar-refractivity contribution in [2.75, 3.05) is 11.6 Å². The predicted octanol–water partition coefficient (Wildman–Crippen LogP) is 2.87. The molecule has 0 aromatic heterocycles. The molecule has 0 saturated carbocycles. The van der Waals surface area contributed by atoms with Crippen molar-refractivity contribution in [2.24, 2.45) is 0 Å². The van der Waals surface area contributed by atoms with Crippen molar-refractivity contribution in [1.29, 1.82) is 0 Å². The van der Waals surface area contributed by atoms with E-state index in [9.17, 15) is 36.3 Å². The molecule has 0 heterocycles. The van der Waals surface area contributed by atoms with Crippen molar-refractivity contribution in [3.8, 4) is 11.5 Å². The fraction of sp³-hybridized carbons (Fsp3) is 0.125. The summed E-state index contributed by atoms with van der Waals surface area (Å²) in [6.07, 6.45) is -4.18. The second-order valence-corrected chi connectivity index (χ2v) is 6.87. The van der Waals surface area contributed by atoms with Crippen LogP contribution in [-0.2, 0) is 10.1 Å². The molecule has 150 valence electrons. The molecule has 0 spiro atoms. The first-order valence-electron chi connectivity index (χ1n) is 7.28. The molecule has 0 fully saturated rings. The van der Waals surface area contributed by atoms with Crippen molar-refractivity contribution in [3.63, 3.8) is 0 Å². The van der Waals surface area contributed by atoms with Gasteiger partial charge in [-0.2, -0.15) is 8.42 Å². The lowest BCUT2D eigenvalue weighted by atomic mass is 10.1. The van der Waals surface area contributed by atoms with Gasteiger partial charge in [-0.15, -0.1) is 13.2 Å². The van der Waals surface area contributed by atoms with Crippen molar-refractivity contribution in [1.82, 2.24) is 0 Å². The second-order valence-electron chi connectivity index (χ2n) is 5.30. The van der Waals surface area contributed by atoms with Crippen LogP contribution in [0, 0.1) is 0 Å². The molecule has 2 N–H and O–H groups in total. The number of nitrogens with one attached hydrogen (secondary N) is 1. The van der Waals surface area contributed by atoms with Gasteiger partial charge in [-0.1, -0.05) is 6.07 Å². The van der Waals surface area contributed by atoms with Crippen LogP contribution >= 0.6 is 0 Å². The molecular formula is C16H12F3NO7S. The molecule has 0 unspecified atom stereocenters. The topological polar surface area (TPSA) is 119 Å². The van der Waals surface area contributed by atoms with Gasteiger partial charge in [0.15, 0.2) is 5.75 Å². The molecule has 0 aliphatic rings. The van der Waals surface area contributed by atoms with E-state index in [0.717, 1.165) is 36.4 Å². The molecule has 0 aliphatic heterocycles. The highest BCUT2D eigenvalue weighted by Crippen LogP contribution is 2.27. The van der Waals surface area contributed by atoms with Crippen LogP contribution in [-0.4, -0.2) is 38.0 Å². The third-order valence-corrected chi connectivity index (χ3v) is 3.55. The monoisotopic (exact) mass is 419 g/mol. The summed E-state index contributed by atoms with van der Waals surface area (Å²) in [5, 5.41) is 11.5. The van der Waals surface area contributed by atoms with Crippen LogP contribution < -0.4 is 14.2 Å². The Labute approximate surface area is 156 Å². The first-order valence-corrected chi connectivity index (χ1v) is 9.10. The number of anilines is 1. The van der Waals surface area contributed by atoms with E-state index in [1.807, 2.05) is 0 Å². The van der Waals surface area contributed by atoms with Gasteiger partial charge in [0, 0.05) is 5.69 Å². The first kappa shape index (κ1) is 21.0. The minimum Gasteiger partial charge on any atom is -0.478 e. The van der Waals surface area contributed by atoms with E-state index in [1.165, 1.54) is 6.07 Å². The Hall–Kier alpha value is -3.28. The normalized spacial score (nSPS) is 11.6. The maximum atomic E-state index is 12.5. The van der Waals surface area contributed by atoms with Crippen LogP contribution in [0.15, 0.2) is 42.5 Å². The van der Waals surface area contributed by atoms with Crippen LogP contribution in [0.4, 0.5) is 18.9 Å². The summed E-state index contributed by atoms with van der Waals surface area (Å²) in [5.74, 6) is -3.60. The standard InChI is InChI=1S/C16H12F3NO7S/c1-28(24,25)27-12-4-2-3-11(15(22)23)13(12)14(21)20-9-5-7-10(8-6-9)26-16(17,18)19/h2-8H,1H3,(H,20,21)(H,22,23). The molecule has 0 saturated heterocycles. The second kappa shape index (κ2) is 7.76. The van der Waals surface area contributed by atoms with Crippen molar-refractivity contribution >= 4 is 27.7 Å². The lowest BCUT2D eigenvalue weighted by Crippen LogP contribution is -2.19. The number of hydrogen-bond acceptors (Lipinski definition) is 6. The molecule has 0 radical (unpaired) electrons. The number of carboxylic acids is 1. The van der Waals surface area contributed by atoms with Crippen LogP contribution in [0.5, 0.6) is 11.5 Å². The molecular weight excluding hydrogens is 407 g/mol. The lowest BCUT2D eigenvalue weighted by molar-refractivity contribution is -0.274. The zero-order chi connectivity index (χ0) is 21.1. The summed E-state index contributed by atoms with van der Waals surface area (Å²) in [6.45, 7) is 0. The molecule has 2 aromatic carbocycles. The van der Waals surface area contributed by atoms with Gasteiger partial charge in [0.05, 0.1) is 17.4 Å². The summed E-state index contributed by atoms with van der Waals surface area (Å²) in [7, 11) is -4.07. The number of aromatic carboxylic acids is 1. The van der Waals surface area contributed by atoms with Crippen LogP contribution in [0.25, 0.3) is 0 Å². The Kier molecular flexibility index (Phi) is 5.83. The van der Waals surface area contributed by atoms with E-state index in [-0.39, 0.29) is 5.69 Å². The van der Waals surface area contributed by atoms with E-state index < -0.39 is 51.0 Å². The van der Waals surface area contributed by atoms with Gasteiger partial charge in [-0.25, -0.2) is 4.79 Å². The molecule has 2 rings (SSSR count). The first-order chi connectivity index (χ1) is 12.9. The average Bonchev–Trinajstić information content (AvgIpc) is 2.53. The van der Waals surface area contributed by atoms with Crippen molar-refractivity contribution < 1.29 is 45.2 Å². The molecule has 0 atom stereocenters. The Morgan fingerprint density at radius 2 is 1.68 bits per heavy atom. The minimum absolute atomic E-state index is 0.00465. The number of carboxylic acid groups (broad SMARTS) is 1. The van der Waals surface area contributed by atoms with Crippen LogP contribution in [0.1, 0.15) is 20.7 Å². The van der Waals surface area contributed by atoms with E-state index in [4.69, 9.17) is 0 Å². The van der Waals surface area contributed by atoms with Gasteiger partial charge in [0.25, 0.3) is 5.91 Å². The lowest BCUT2D eigenvalue weighted by Gasteiger charge is -2.13. The Balaban J connectivity index is 2.34. The molecule has 0 aliphatic carbocycles. The Bertz CT molecular complexity index is 1000. The van der Waals surface area contributed by atoms with E-state index in [0.29, 0.717) is 6.26 Å². The molecule has 12 heteroatoms. The zero-order valence-corrected chi connectivity index (χ0v) is 14.8. The number of benzene rings is 2. The maximum Gasteiger partial charge on any atom is 0.573 e. The third-order valence-electron chi connectivity index (χ3n) is 3.07. The smallest absolute Gasteiger partial charge is 0.478 e. The fourth-order valence-electron chi connectivity index (χ4n) is 2.11. The highest BCUT2D eigenvalue weighted by molar-refractivity contribution is 7.86. The summed E-state index contributed by atoms with van der Waals surface area (Å²) in [6, 6.07) is 7.36. The molecule has 1 amide bonds. The SMILES string of the molecule is CS(=O)(=O)Oc1cccc(C(=O)O)c1C(=O)Nc1ccc(OC(F)(F)F)cc1. The highest BCUT2D eigenvalue weighted by Gasteiger charge is 2.31. The van der Waals surface area contributed by atoms with E-state index in [2.05, 4.69) is 14.2 Å². The van der Waals surface area contributed by atoms with Crippen LogP contribution in [0.3, 0.4) is 0 Å². The summed E-state index contributed by atoms with van der Waals surface area (Å²) in [5.41, 5.74) is -1.10. The Morgan fingerprint density at radius 1 is 1.07 bits per heavy atom. The Morgan fingerprint density at radius 3 is 2.18 bits per heavy atom. The van der Waals surface area contributed by atoms with Crippen LogP contribution in [0.2, 0.25) is 0 Å².